The van der Waals surface area contributed by atoms with Gasteiger partial charge in [0.05, 0.1) is 6.54 Å². The van der Waals surface area contributed by atoms with Crippen molar-refractivity contribution in [3.8, 4) is 11.1 Å². The quantitative estimate of drug-likeness (QED) is 0.644. The Morgan fingerprint density at radius 2 is 2.11 bits per heavy atom. The summed E-state index contributed by atoms with van der Waals surface area (Å²) in [6.07, 6.45) is 4.58. The van der Waals surface area contributed by atoms with Crippen LogP contribution in [-0.4, -0.2) is 17.8 Å². The number of aryl methyl sites for hydroxylation is 1. The van der Waals surface area contributed by atoms with Gasteiger partial charge in [-0.15, -0.1) is 0 Å². The normalized spacial score (nSPS) is 10.3. The number of carbonyl (C=O) groups is 1. The maximum Gasteiger partial charge on any atom is 0.133 e. The van der Waals surface area contributed by atoms with Crippen LogP contribution in [0.1, 0.15) is 11.1 Å². The molecule has 0 fully saturated rings. The molecule has 0 aliphatic carbocycles. The topological polar surface area (TPSA) is 42.0 Å². The SMILES string of the molecule is Cc1cncc(-c2cccc(CNCC=O)c2)c1. The van der Waals surface area contributed by atoms with Gasteiger partial charge in [-0.3, -0.25) is 4.98 Å². The van der Waals surface area contributed by atoms with Gasteiger partial charge in [0.25, 0.3) is 0 Å². The third-order valence-electron chi connectivity index (χ3n) is 2.69. The van der Waals surface area contributed by atoms with Gasteiger partial charge >= 0.3 is 0 Å². The van der Waals surface area contributed by atoms with Crippen LogP contribution < -0.4 is 5.32 Å². The summed E-state index contributed by atoms with van der Waals surface area (Å²) in [6, 6.07) is 10.4. The van der Waals surface area contributed by atoms with Gasteiger partial charge in [0.2, 0.25) is 0 Å². The molecular formula is C15H16N2O. The second-order valence-corrected chi connectivity index (χ2v) is 4.25. The number of carbonyl (C=O) groups excluding carboxylic acids is 1. The molecule has 1 heterocycles. The Morgan fingerprint density at radius 1 is 1.22 bits per heavy atom. The molecule has 3 heteroatoms. The van der Waals surface area contributed by atoms with Crippen molar-refractivity contribution in [2.24, 2.45) is 0 Å². The van der Waals surface area contributed by atoms with Crippen LogP contribution >= 0.6 is 0 Å². The zero-order valence-electron chi connectivity index (χ0n) is 10.4. The molecule has 0 amide bonds. The number of nitrogens with one attached hydrogen (secondary N) is 1. The van der Waals surface area contributed by atoms with E-state index in [2.05, 4.69) is 28.5 Å². The maximum atomic E-state index is 10.3. The molecule has 2 rings (SSSR count). The largest absolute Gasteiger partial charge is 0.306 e. The van der Waals surface area contributed by atoms with Crippen molar-refractivity contribution in [2.75, 3.05) is 6.54 Å². The van der Waals surface area contributed by atoms with Crippen LogP contribution in [0.3, 0.4) is 0 Å². The van der Waals surface area contributed by atoms with Gasteiger partial charge in [-0.25, -0.2) is 0 Å². The predicted octanol–water partition coefficient (Wildman–Crippen LogP) is 2.35. The molecule has 1 aromatic carbocycles. The standard InChI is InChI=1S/C15H16N2O/c1-12-7-15(11-17-9-12)14-4-2-3-13(8-14)10-16-5-6-18/h2-4,6-9,11,16H,5,10H2,1H3. The number of hydrogen-bond acceptors (Lipinski definition) is 3. The summed E-state index contributed by atoms with van der Waals surface area (Å²) in [4.78, 5) is 14.5. The van der Waals surface area contributed by atoms with E-state index in [-0.39, 0.29) is 0 Å². The first-order valence-electron chi connectivity index (χ1n) is 5.95. The van der Waals surface area contributed by atoms with Crippen molar-refractivity contribution < 1.29 is 4.79 Å². The summed E-state index contributed by atoms with van der Waals surface area (Å²) in [5.41, 5.74) is 4.58. The number of benzene rings is 1. The number of aldehydes is 1. The van der Waals surface area contributed by atoms with E-state index in [1.54, 1.807) is 0 Å². The van der Waals surface area contributed by atoms with Gasteiger partial charge < -0.3 is 10.1 Å². The Labute approximate surface area is 107 Å². The molecule has 92 valence electrons. The van der Waals surface area contributed by atoms with Crippen molar-refractivity contribution >= 4 is 6.29 Å². The lowest BCUT2D eigenvalue weighted by molar-refractivity contribution is -0.107. The van der Waals surface area contributed by atoms with Crippen molar-refractivity contribution in [1.29, 1.82) is 0 Å². The van der Waals surface area contributed by atoms with Crippen molar-refractivity contribution in [2.45, 2.75) is 13.5 Å². The first-order chi connectivity index (χ1) is 8.79. The lowest BCUT2D eigenvalue weighted by atomic mass is 10.0. The van der Waals surface area contributed by atoms with E-state index < -0.39 is 0 Å². The van der Waals surface area contributed by atoms with Crippen LogP contribution in [0.5, 0.6) is 0 Å². The van der Waals surface area contributed by atoms with Crippen LogP contribution in [0.25, 0.3) is 11.1 Å². The summed E-state index contributed by atoms with van der Waals surface area (Å²) in [6.45, 7) is 3.12. The minimum Gasteiger partial charge on any atom is -0.306 e. The Bertz CT molecular complexity index is 538. The number of hydrogen-bond donors (Lipinski definition) is 1. The fraction of sp³-hybridized carbons (Fsp3) is 0.200. The van der Waals surface area contributed by atoms with Crippen LogP contribution in [0.2, 0.25) is 0 Å². The van der Waals surface area contributed by atoms with Gasteiger partial charge in [0.1, 0.15) is 6.29 Å². The molecule has 0 spiro atoms. The maximum absolute atomic E-state index is 10.3. The number of pyridine rings is 1. The molecule has 0 atom stereocenters. The minimum atomic E-state index is 0.385. The molecule has 1 N–H and O–H groups in total. The third kappa shape index (κ3) is 3.25. The Morgan fingerprint density at radius 3 is 2.89 bits per heavy atom. The lowest BCUT2D eigenvalue weighted by Crippen LogP contribution is -2.15. The van der Waals surface area contributed by atoms with Crippen molar-refractivity contribution in [3.63, 3.8) is 0 Å². The van der Waals surface area contributed by atoms with Crippen LogP contribution in [0, 0.1) is 6.92 Å². The van der Waals surface area contributed by atoms with Gasteiger partial charge in [-0.1, -0.05) is 18.2 Å². The molecule has 0 aliphatic heterocycles. The smallest absolute Gasteiger partial charge is 0.133 e. The molecule has 0 saturated heterocycles. The second kappa shape index (κ2) is 6.07. The molecule has 1 aromatic heterocycles. The number of nitrogens with zero attached hydrogens (tertiary/aromatic N) is 1. The highest BCUT2D eigenvalue weighted by Gasteiger charge is 2.00. The molecule has 0 bridgehead atoms. The van der Waals surface area contributed by atoms with Gasteiger partial charge in [0.15, 0.2) is 0 Å². The summed E-state index contributed by atoms with van der Waals surface area (Å²) in [5, 5.41) is 3.06. The first-order valence-corrected chi connectivity index (χ1v) is 5.95. The van der Waals surface area contributed by atoms with E-state index in [1.165, 1.54) is 0 Å². The van der Waals surface area contributed by atoms with Crippen LogP contribution in [-0.2, 0) is 11.3 Å². The highest BCUT2D eigenvalue weighted by Crippen LogP contribution is 2.20. The monoisotopic (exact) mass is 240 g/mol. The fourth-order valence-electron chi connectivity index (χ4n) is 1.85. The van der Waals surface area contributed by atoms with E-state index in [9.17, 15) is 4.79 Å². The molecule has 0 aliphatic rings. The Hall–Kier alpha value is -2.00. The highest BCUT2D eigenvalue weighted by molar-refractivity contribution is 5.63. The molecule has 3 nitrogen and oxygen atoms in total. The average Bonchev–Trinajstić information content (AvgIpc) is 2.39. The fourth-order valence-corrected chi connectivity index (χ4v) is 1.85. The summed E-state index contributed by atoms with van der Waals surface area (Å²) in [7, 11) is 0. The summed E-state index contributed by atoms with van der Waals surface area (Å²) < 4.78 is 0. The average molecular weight is 240 g/mol. The molecule has 0 radical (unpaired) electrons. The van der Waals surface area contributed by atoms with Crippen molar-refractivity contribution in [1.82, 2.24) is 10.3 Å². The van der Waals surface area contributed by atoms with E-state index in [1.807, 2.05) is 31.5 Å². The molecule has 2 aromatic rings. The zero-order chi connectivity index (χ0) is 12.8. The molecule has 0 unspecified atom stereocenters. The Kier molecular flexibility index (Phi) is 4.20. The number of rotatable bonds is 5. The van der Waals surface area contributed by atoms with Gasteiger partial charge in [-0.05, 0) is 35.7 Å². The van der Waals surface area contributed by atoms with Gasteiger partial charge in [0, 0.05) is 24.5 Å². The summed E-state index contributed by atoms with van der Waals surface area (Å²) in [5.74, 6) is 0. The predicted molar refractivity (Wildman–Crippen MR) is 72.2 cm³/mol. The highest BCUT2D eigenvalue weighted by atomic mass is 16.1. The van der Waals surface area contributed by atoms with E-state index in [0.29, 0.717) is 13.1 Å². The number of aromatic nitrogens is 1. The van der Waals surface area contributed by atoms with Crippen molar-refractivity contribution in [3.05, 3.63) is 53.9 Å². The van der Waals surface area contributed by atoms with E-state index >= 15 is 0 Å². The zero-order valence-corrected chi connectivity index (χ0v) is 10.4. The van der Waals surface area contributed by atoms with E-state index in [4.69, 9.17) is 0 Å². The second-order valence-electron chi connectivity index (χ2n) is 4.25. The van der Waals surface area contributed by atoms with Crippen LogP contribution in [0.4, 0.5) is 0 Å². The minimum absolute atomic E-state index is 0.385. The first kappa shape index (κ1) is 12.5. The lowest BCUT2D eigenvalue weighted by Gasteiger charge is -2.06. The van der Waals surface area contributed by atoms with Gasteiger partial charge in [-0.2, -0.15) is 0 Å². The van der Waals surface area contributed by atoms with Crippen LogP contribution in [0.15, 0.2) is 42.7 Å². The Balaban J connectivity index is 2.18. The molecule has 0 saturated carbocycles. The molecule has 18 heavy (non-hydrogen) atoms. The van der Waals surface area contributed by atoms with E-state index in [0.717, 1.165) is 28.5 Å². The third-order valence-corrected chi connectivity index (χ3v) is 2.69. The summed E-state index contributed by atoms with van der Waals surface area (Å²) >= 11 is 0. The molecular weight excluding hydrogens is 224 g/mol.